The fourth-order valence-corrected chi connectivity index (χ4v) is 4.91. The van der Waals surface area contributed by atoms with Gasteiger partial charge >= 0.3 is 0 Å². The molecule has 0 aliphatic rings. The van der Waals surface area contributed by atoms with E-state index in [1.165, 1.54) is 23.1 Å². The zero-order valence-corrected chi connectivity index (χ0v) is 21.3. The third-order valence-corrected chi connectivity index (χ3v) is 7.12. The molecule has 2 N–H and O–H groups in total. The number of hydrogen-bond donors (Lipinski definition) is 2. The van der Waals surface area contributed by atoms with Crippen LogP contribution in [0.5, 0.6) is 0 Å². The highest BCUT2D eigenvalue weighted by Gasteiger charge is 2.15. The summed E-state index contributed by atoms with van der Waals surface area (Å²) in [5.41, 5.74) is 1.76. The van der Waals surface area contributed by atoms with Crippen LogP contribution in [-0.4, -0.2) is 23.4 Å². The number of thioether (sulfide) groups is 1. The van der Waals surface area contributed by atoms with E-state index in [1.807, 2.05) is 29.6 Å². The molecule has 1 aromatic heterocycles. The number of hydrogen-bond acceptors (Lipinski definition) is 5. The highest BCUT2D eigenvalue weighted by molar-refractivity contribution is 8.00. The average Bonchev–Trinajstić information content (AvgIpc) is 3.44. The average molecular weight is 533 g/mol. The van der Waals surface area contributed by atoms with Gasteiger partial charge in [-0.15, -0.1) is 23.1 Å². The Bertz CT molecular complexity index is 1390. The van der Waals surface area contributed by atoms with Crippen LogP contribution in [-0.2, 0) is 4.79 Å². The number of benzene rings is 3. The van der Waals surface area contributed by atoms with Crippen LogP contribution in [0.3, 0.4) is 0 Å². The van der Waals surface area contributed by atoms with E-state index in [9.17, 15) is 14.4 Å². The molecule has 0 aliphatic heterocycles. The number of thiophene rings is 1. The van der Waals surface area contributed by atoms with Crippen LogP contribution in [0, 0.1) is 0 Å². The van der Waals surface area contributed by atoms with Gasteiger partial charge in [-0.2, -0.15) is 0 Å². The van der Waals surface area contributed by atoms with Crippen molar-refractivity contribution in [1.82, 2.24) is 5.32 Å². The molecular weight excluding hydrogens is 512 g/mol. The Morgan fingerprint density at radius 3 is 2.39 bits per heavy atom. The molecule has 1 heterocycles. The minimum atomic E-state index is -0.481. The molecule has 5 nitrogen and oxygen atoms in total. The Morgan fingerprint density at radius 2 is 1.67 bits per heavy atom. The first-order valence-electron chi connectivity index (χ1n) is 10.9. The maximum Gasteiger partial charge on any atom is 0.272 e. The van der Waals surface area contributed by atoms with Gasteiger partial charge in [-0.1, -0.05) is 54.1 Å². The Labute approximate surface area is 222 Å². The second kappa shape index (κ2) is 12.4. The van der Waals surface area contributed by atoms with Crippen molar-refractivity contribution in [3.05, 3.63) is 123 Å². The van der Waals surface area contributed by atoms with Crippen molar-refractivity contribution in [3.8, 4) is 0 Å². The van der Waals surface area contributed by atoms with Crippen molar-refractivity contribution in [2.75, 3.05) is 11.1 Å². The van der Waals surface area contributed by atoms with Gasteiger partial charge in [0.2, 0.25) is 0 Å². The zero-order valence-electron chi connectivity index (χ0n) is 18.9. The standard InChI is InChI=1S/C28H21ClN2O3S2/c29-21-13-11-19(12-14-21)16-24(31-27(33)20-6-2-1-3-7-20)28(34)30-22-8-4-9-23(17-22)36-18-25(32)26-10-5-15-35-26/h1-17H,18H2,(H,30,34)(H,31,33)/b24-16-. The van der Waals surface area contributed by atoms with Gasteiger partial charge in [-0.25, -0.2) is 0 Å². The number of anilines is 1. The van der Waals surface area contributed by atoms with Crippen molar-refractivity contribution >= 4 is 64.1 Å². The normalized spacial score (nSPS) is 11.1. The highest BCUT2D eigenvalue weighted by atomic mass is 35.5. The Morgan fingerprint density at radius 1 is 0.889 bits per heavy atom. The predicted molar refractivity (Wildman–Crippen MR) is 148 cm³/mol. The Hall–Kier alpha value is -3.65. The molecule has 36 heavy (non-hydrogen) atoms. The van der Waals surface area contributed by atoms with Crippen LogP contribution in [0.1, 0.15) is 25.6 Å². The summed E-state index contributed by atoms with van der Waals surface area (Å²) >= 11 is 8.79. The molecular formula is C28H21ClN2O3S2. The lowest BCUT2D eigenvalue weighted by Gasteiger charge is -2.12. The molecule has 0 aliphatic carbocycles. The summed E-state index contributed by atoms with van der Waals surface area (Å²) in [4.78, 5) is 39.8. The molecule has 180 valence electrons. The van der Waals surface area contributed by atoms with E-state index in [0.717, 1.165) is 9.77 Å². The van der Waals surface area contributed by atoms with Crippen molar-refractivity contribution in [3.63, 3.8) is 0 Å². The SMILES string of the molecule is O=C(Nc1cccc(SCC(=O)c2cccs2)c1)/C(=C/c1ccc(Cl)cc1)NC(=O)c1ccccc1. The number of amides is 2. The summed E-state index contributed by atoms with van der Waals surface area (Å²) in [6.07, 6.45) is 1.59. The number of ketones is 1. The smallest absolute Gasteiger partial charge is 0.272 e. The van der Waals surface area contributed by atoms with Gasteiger partial charge in [0.25, 0.3) is 11.8 Å². The third kappa shape index (κ3) is 7.18. The summed E-state index contributed by atoms with van der Waals surface area (Å²) < 4.78 is 0. The van der Waals surface area contributed by atoms with Crippen LogP contribution in [0.4, 0.5) is 5.69 Å². The van der Waals surface area contributed by atoms with E-state index in [0.29, 0.717) is 27.6 Å². The fraction of sp³-hybridized carbons (Fsp3) is 0.0357. The van der Waals surface area contributed by atoms with Crippen molar-refractivity contribution in [2.24, 2.45) is 0 Å². The van der Waals surface area contributed by atoms with E-state index in [-0.39, 0.29) is 11.5 Å². The molecule has 2 amide bonds. The lowest BCUT2D eigenvalue weighted by Crippen LogP contribution is -2.30. The van der Waals surface area contributed by atoms with Crippen LogP contribution < -0.4 is 10.6 Å². The molecule has 0 fully saturated rings. The number of nitrogens with one attached hydrogen (secondary N) is 2. The first-order valence-corrected chi connectivity index (χ1v) is 13.2. The van der Waals surface area contributed by atoms with Crippen LogP contribution in [0.25, 0.3) is 6.08 Å². The molecule has 0 atom stereocenters. The zero-order chi connectivity index (χ0) is 25.3. The molecule has 0 saturated carbocycles. The maximum atomic E-state index is 13.2. The van der Waals surface area contributed by atoms with E-state index in [2.05, 4.69) is 10.6 Å². The van der Waals surface area contributed by atoms with Gasteiger partial charge < -0.3 is 10.6 Å². The van der Waals surface area contributed by atoms with E-state index in [1.54, 1.807) is 72.8 Å². The van der Waals surface area contributed by atoms with Crippen LogP contribution in [0.15, 0.2) is 107 Å². The van der Waals surface area contributed by atoms with Gasteiger partial charge in [0, 0.05) is 21.2 Å². The molecule has 8 heteroatoms. The van der Waals surface area contributed by atoms with Gasteiger partial charge in [-0.05, 0) is 65.6 Å². The number of carbonyl (C=O) groups is 3. The number of rotatable bonds is 9. The Balaban J connectivity index is 1.49. The van der Waals surface area contributed by atoms with E-state index in [4.69, 9.17) is 11.6 Å². The summed E-state index contributed by atoms with van der Waals surface area (Å²) in [5, 5.41) is 8.00. The highest BCUT2D eigenvalue weighted by Crippen LogP contribution is 2.24. The topological polar surface area (TPSA) is 75.3 Å². The molecule has 0 bridgehead atoms. The molecule has 0 saturated heterocycles. The van der Waals surface area contributed by atoms with Crippen LogP contribution in [0.2, 0.25) is 5.02 Å². The van der Waals surface area contributed by atoms with Gasteiger partial charge in [0.15, 0.2) is 5.78 Å². The number of Topliss-reactive ketones (excluding diaryl/α,β-unsaturated/α-hetero) is 1. The Kier molecular flexibility index (Phi) is 8.73. The third-order valence-electron chi connectivity index (χ3n) is 4.97. The number of carbonyl (C=O) groups excluding carboxylic acids is 3. The molecule has 3 aromatic carbocycles. The van der Waals surface area contributed by atoms with E-state index >= 15 is 0 Å². The first-order chi connectivity index (χ1) is 17.5. The molecule has 0 spiro atoms. The van der Waals surface area contributed by atoms with Crippen molar-refractivity contribution < 1.29 is 14.4 Å². The molecule has 4 aromatic rings. The number of halogens is 1. The molecule has 0 radical (unpaired) electrons. The predicted octanol–water partition coefficient (Wildman–Crippen LogP) is 6.79. The lowest BCUT2D eigenvalue weighted by atomic mass is 10.1. The minimum Gasteiger partial charge on any atom is -0.321 e. The second-order valence-corrected chi connectivity index (χ2v) is 10.0. The minimum absolute atomic E-state index is 0.0567. The quantitative estimate of drug-likeness (QED) is 0.141. The molecule has 0 unspecified atom stereocenters. The largest absolute Gasteiger partial charge is 0.321 e. The van der Waals surface area contributed by atoms with E-state index < -0.39 is 11.8 Å². The first kappa shape index (κ1) is 25.4. The summed E-state index contributed by atoms with van der Waals surface area (Å²) in [5.74, 6) is -0.526. The monoisotopic (exact) mass is 532 g/mol. The molecule has 4 rings (SSSR count). The van der Waals surface area contributed by atoms with Crippen molar-refractivity contribution in [1.29, 1.82) is 0 Å². The second-order valence-electron chi connectivity index (χ2n) is 7.60. The van der Waals surface area contributed by atoms with Gasteiger partial charge in [0.05, 0.1) is 10.6 Å². The summed E-state index contributed by atoms with van der Waals surface area (Å²) in [6, 6.07) is 26.5. The summed E-state index contributed by atoms with van der Waals surface area (Å²) in [6.45, 7) is 0. The lowest BCUT2D eigenvalue weighted by molar-refractivity contribution is -0.113. The summed E-state index contributed by atoms with van der Waals surface area (Å²) in [7, 11) is 0. The maximum absolute atomic E-state index is 13.2. The fourth-order valence-electron chi connectivity index (χ4n) is 3.19. The van der Waals surface area contributed by atoms with Gasteiger partial charge in [-0.3, -0.25) is 14.4 Å². The van der Waals surface area contributed by atoms with Crippen LogP contribution >= 0.6 is 34.7 Å². The van der Waals surface area contributed by atoms with Gasteiger partial charge in [0.1, 0.15) is 5.70 Å². The van der Waals surface area contributed by atoms with Crippen molar-refractivity contribution in [2.45, 2.75) is 4.90 Å².